The summed E-state index contributed by atoms with van der Waals surface area (Å²) in [5.74, 6) is 1.62. The lowest BCUT2D eigenvalue weighted by atomic mass is 10.0. The smallest absolute Gasteiger partial charge is 0.133 e. The number of hydrogen-bond acceptors (Lipinski definition) is 3. The van der Waals surface area contributed by atoms with Crippen LogP contribution in [0.5, 0.6) is 5.75 Å². The maximum atomic E-state index is 5.56. The second-order valence-electron chi connectivity index (χ2n) is 5.37. The lowest BCUT2D eigenvalue weighted by molar-refractivity contribution is 0.410. The normalized spacial score (nSPS) is 10.8. The van der Waals surface area contributed by atoms with Gasteiger partial charge in [0.05, 0.1) is 7.11 Å². The van der Waals surface area contributed by atoms with Gasteiger partial charge in [-0.2, -0.15) is 0 Å². The minimum Gasteiger partial charge on any atom is -0.496 e. The van der Waals surface area contributed by atoms with Crippen molar-refractivity contribution in [2.75, 3.05) is 7.11 Å². The molecule has 0 fully saturated rings. The number of thiophene rings is 1. The lowest BCUT2D eigenvalue weighted by Gasteiger charge is -2.11. The molecule has 0 spiro atoms. The predicted molar refractivity (Wildman–Crippen MR) is 122 cm³/mol. The van der Waals surface area contributed by atoms with E-state index in [0.717, 1.165) is 18.6 Å². The van der Waals surface area contributed by atoms with Crippen LogP contribution in [0.3, 0.4) is 0 Å². The number of allylic oxidation sites excluding steroid dienone is 3. The van der Waals surface area contributed by atoms with Crippen LogP contribution in [0.4, 0.5) is 0 Å². The molecule has 144 valence electrons. The summed E-state index contributed by atoms with van der Waals surface area (Å²) >= 11 is 3.49. The molecule has 0 aliphatic carbocycles. The molecule has 1 nitrogen and oxygen atoms in total. The maximum Gasteiger partial charge on any atom is 0.133 e. The molecular weight excluding hydrogens is 344 g/mol. The van der Waals surface area contributed by atoms with Gasteiger partial charge in [-0.25, -0.2) is 0 Å². The monoisotopic (exact) mass is 382 g/mol. The standard InChI is InChI=1S/C18H26OS2.2C2H6/c1-8-13(5)18(14(6)20-9-2)17-11-15(19-7)16(21-17)10-12(3)4;2*1-2/h9,11-12H,2,5,8,10H2,1,3-4,6-7H3;2*1-2H3/b18-14-;;. The van der Waals surface area contributed by atoms with Crippen LogP contribution < -0.4 is 4.74 Å². The van der Waals surface area contributed by atoms with E-state index in [4.69, 9.17) is 4.74 Å². The summed E-state index contributed by atoms with van der Waals surface area (Å²) in [6, 6.07) is 2.16. The molecule has 0 bridgehead atoms. The third-order valence-corrected chi connectivity index (χ3v) is 5.10. The van der Waals surface area contributed by atoms with Crippen molar-refractivity contribution in [1.82, 2.24) is 0 Å². The van der Waals surface area contributed by atoms with Crippen molar-refractivity contribution in [2.24, 2.45) is 5.92 Å². The van der Waals surface area contributed by atoms with Gasteiger partial charge < -0.3 is 4.74 Å². The van der Waals surface area contributed by atoms with Crippen molar-refractivity contribution in [2.45, 2.75) is 68.2 Å². The summed E-state index contributed by atoms with van der Waals surface area (Å²) in [5, 5.41) is 1.87. The summed E-state index contributed by atoms with van der Waals surface area (Å²) in [5.41, 5.74) is 2.42. The molecular formula is C22H38OS2. The number of hydrogen-bond donors (Lipinski definition) is 0. The van der Waals surface area contributed by atoms with Gasteiger partial charge in [0.2, 0.25) is 0 Å². The molecule has 1 heterocycles. The fourth-order valence-electron chi connectivity index (χ4n) is 2.18. The van der Waals surface area contributed by atoms with Crippen LogP contribution in [-0.4, -0.2) is 7.11 Å². The minimum absolute atomic E-state index is 0.621. The molecule has 0 saturated carbocycles. The minimum atomic E-state index is 0.621. The van der Waals surface area contributed by atoms with Gasteiger partial charge in [-0.15, -0.1) is 23.1 Å². The topological polar surface area (TPSA) is 9.23 Å². The van der Waals surface area contributed by atoms with Gasteiger partial charge in [-0.1, -0.05) is 61.6 Å². The zero-order chi connectivity index (χ0) is 20.0. The first-order chi connectivity index (χ1) is 11.9. The molecule has 0 aliphatic heterocycles. The second kappa shape index (κ2) is 15.3. The van der Waals surface area contributed by atoms with Crippen molar-refractivity contribution in [3.8, 4) is 5.75 Å². The highest BCUT2D eigenvalue weighted by Gasteiger charge is 2.17. The van der Waals surface area contributed by atoms with E-state index in [1.807, 2.05) is 44.4 Å². The molecule has 1 aromatic heterocycles. The highest BCUT2D eigenvalue weighted by Crippen LogP contribution is 2.41. The zero-order valence-electron chi connectivity index (χ0n) is 17.8. The average Bonchev–Trinajstić information content (AvgIpc) is 3.00. The molecule has 0 amide bonds. The van der Waals surface area contributed by atoms with Crippen molar-refractivity contribution >= 4 is 28.7 Å². The quantitative estimate of drug-likeness (QED) is 0.416. The third kappa shape index (κ3) is 8.82. The Balaban J connectivity index is 0. The Morgan fingerprint density at radius 1 is 1.28 bits per heavy atom. The number of methoxy groups -OCH3 is 1. The van der Waals surface area contributed by atoms with E-state index in [0.29, 0.717) is 5.92 Å². The summed E-state index contributed by atoms with van der Waals surface area (Å²) in [4.78, 5) is 3.82. The molecule has 1 aromatic rings. The van der Waals surface area contributed by atoms with E-state index in [2.05, 4.69) is 46.9 Å². The van der Waals surface area contributed by atoms with Crippen LogP contribution in [0.15, 0.2) is 35.1 Å². The number of ether oxygens (including phenoxy) is 1. The van der Waals surface area contributed by atoms with E-state index in [9.17, 15) is 0 Å². The van der Waals surface area contributed by atoms with Crippen molar-refractivity contribution < 1.29 is 4.74 Å². The second-order valence-corrected chi connectivity index (χ2v) is 7.69. The molecule has 0 N–H and O–H groups in total. The fraction of sp³-hybridized carbons (Fsp3) is 0.545. The van der Waals surface area contributed by atoms with Gasteiger partial charge in [0.15, 0.2) is 0 Å². The van der Waals surface area contributed by atoms with E-state index in [1.54, 1.807) is 18.9 Å². The number of rotatable bonds is 8. The molecule has 3 heteroatoms. The van der Waals surface area contributed by atoms with Gasteiger partial charge in [0, 0.05) is 15.3 Å². The first-order valence-electron chi connectivity index (χ1n) is 9.28. The largest absolute Gasteiger partial charge is 0.496 e. The Kier molecular flexibility index (Phi) is 16.1. The lowest BCUT2D eigenvalue weighted by Crippen LogP contribution is -1.93. The van der Waals surface area contributed by atoms with Gasteiger partial charge in [-0.05, 0) is 47.6 Å². The number of thioether (sulfide) groups is 1. The van der Waals surface area contributed by atoms with E-state index < -0.39 is 0 Å². The van der Waals surface area contributed by atoms with E-state index in [1.165, 1.54) is 25.8 Å². The van der Waals surface area contributed by atoms with Crippen LogP contribution in [0.2, 0.25) is 0 Å². The summed E-state index contributed by atoms with van der Waals surface area (Å²) in [6.45, 7) is 24.8. The Morgan fingerprint density at radius 2 is 1.84 bits per heavy atom. The highest BCUT2D eigenvalue weighted by atomic mass is 32.2. The van der Waals surface area contributed by atoms with Crippen LogP contribution >= 0.6 is 23.1 Å². The summed E-state index contributed by atoms with van der Waals surface area (Å²) in [6.07, 6.45) is 2.00. The third-order valence-electron chi connectivity index (χ3n) is 3.22. The van der Waals surface area contributed by atoms with Crippen molar-refractivity contribution in [1.29, 1.82) is 0 Å². The Hall–Kier alpha value is -0.930. The van der Waals surface area contributed by atoms with Crippen LogP contribution in [-0.2, 0) is 6.42 Å². The first kappa shape index (κ1) is 26.3. The SMILES string of the molecule is C=CS/C(C)=C(/C(=C)CC)c1cc(OC)c(CC(C)C)s1.CC.CC. The maximum absolute atomic E-state index is 5.56. The van der Waals surface area contributed by atoms with Gasteiger partial charge >= 0.3 is 0 Å². The van der Waals surface area contributed by atoms with Crippen molar-refractivity contribution in [3.05, 3.63) is 44.9 Å². The molecule has 0 radical (unpaired) electrons. The van der Waals surface area contributed by atoms with Gasteiger partial charge in [-0.3, -0.25) is 0 Å². The predicted octanol–water partition coefficient (Wildman–Crippen LogP) is 8.58. The highest BCUT2D eigenvalue weighted by molar-refractivity contribution is 8.05. The first-order valence-corrected chi connectivity index (χ1v) is 11.0. The summed E-state index contributed by atoms with van der Waals surface area (Å²) in [7, 11) is 1.75. The molecule has 0 aromatic carbocycles. The van der Waals surface area contributed by atoms with Crippen LogP contribution in [0.25, 0.3) is 5.57 Å². The van der Waals surface area contributed by atoms with E-state index in [-0.39, 0.29) is 0 Å². The van der Waals surface area contributed by atoms with Crippen LogP contribution in [0.1, 0.15) is 71.6 Å². The molecule has 0 unspecified atom stereocenters. The summed E-state index contributed by atoms with van der Waals surface area (Å²) < 4.78 is 5.56. The molecule has 0 aliphatic rings. The molecule has 0 atom stereocenters. The Labute approximate surface area is 165 Å². The fourth-order valence-corrected chi connectivity index (χ4v) is 4.36. The molecule has 0 saturated heterocycles. The Bertz CT molecular complexity index is 536. The zero-order valence-corrected chi connectivity index (χ0v) is 19.4. The van der Waals surface area contributed by atoms with Crippen molar-refractivity contribution in [3.63, 3.8) is 0 Å². The molecule has 1 rings (SSSR count). The van der Waals surface area contributed by atoms with E-state index >= 15 is 0 Å². The molecule has 25 heavy (non-hydrogen) atoms. The average molecular weight is 383 g/mol. The van der Waals surface area contributed by atoms with Gasteiger partial charge in [0.25, 0.3) is 0 Å². The van der Waals surface area contributed by atoms with Crippen LogP contribution in [0, 0.1) is 5.92 Å². The van der Waals surface area contributed by atoms with Gasteiger partial charge in [0.1, 0.15) is 5.75 Å². The Morgan fingerprint density at radius 3 is 2.24 bits per heavy atom.